The van der Waals surface area contributed by atoms with Crippen LogP contribution in [0.25, 0.3) is 0 Å². The van der Waals surface area contributed by atoms with Gasteiger partial charge in [0.25, 0.3) is 16.1 Å². The predicted molar refractivity (Wildman–Crippen MR) is 500 cm³/mol. The maximum atomic E-state index is 12.3. The number of carbonyl (C=O) groups excluding carboxylic acids is 7. The smallest absolute Gasteiger partial charge is 1.00 e. The molecule has 0 amide bonds. The minimum Gasteiger partial charge on any atom is -1.00 e. The number of aryl methyl sites for hydroxylation is 3. The molecule has 2 fully saturated rings. The minimum atomic E-state index is -10.7. The molecular weight excluding hydrogens is 1890 g/mol. The van der Waals surface area contributed by atoms with E-state index in [0.29, 0.717) is 52.2 Å². The fourth-order valence-corrected chi connectivity index (χ4v) is 11.3. The van der Waals surface area contributed by atoms with Crippen molar-refractivity contribution in [3.05, 3.63) is 155 Å². The van der Waals surface area contributed by atoms with Crippen LogP contribution in [0.2, 0.25) is 20.1 Å². The number of hydrogen-bond acceptors (Lipinski definition) is 23. The van der Waals surface area contributed by atoms with Gasteiger partial charge in [0.05, 0.1) is 63.2 Å². The van der Waals surface area contributed by atoms with Crippen molar-refractivity contribution in [2.24, 2.45) is 17.8 Å². The third kappa shape index (κ3) is 88.6. The van der Waals surface area contributed by atoms with Crippen molar-refractivity contribution in [2.75, 3.05) is 67.8 Å². The average molecular weight is 2040 g/mol. The van der Waals surface area contributed by atoms with Gasteiger partial charge in [0.15, 0.2) is 6.21 Å². The van der Waals surface area contributed by atoms with Gasteiger partial charge in [-0.05, 0) is 170 Å². The number of carbonyl (C=O) groups is 4. The first-order chi connectivity index (χ1) is 57.2. The molecule has 2 saturated heterocycles. The monoisotopic (exact) mass is 2030 g/mol. The number of aromatic nitrogens is 4. The van der Waals surface area contributed by atoms with Crippen LogP contribution < -0.4 is 80.9 Å². The first kappa shape index (κ1) is 154. The number of pyridine rings is 4. The number of allylic oxidation sites excluding steroid dienone is 1. The van der Waals surface area contributed by atoms with Crippen LogP contribution in [0.1, 0.15) is 286 Å². The molecule has 0 spiro atoms. The number of ketones is 1. The number of Topliss-reactive ketones (excluding diaryl/α,β-unsaturated/α-hetero) is 1. The van der Waals surface area contributed by atoms with Crippen molar-refractivity contribution < 1.29 is 208 Å². The van der Waals surface area contributed by atoms with E-state index in [1.807, 2.05) is 97.7 Å². The largest absolute Gasteiger partial charge is 1.00 e. The fourth-order valence-electron chi connectivity index (χ4n) is 9.24. The molecule has 4 aromatic heterocycles. The summed E-state index contributed by atoms with van der Waals surface area (Å²) in [5, 5.41) is 36.7. The number of halogens is 11. The Hall–Kier alpha value is -4.65. The summed E-state index contributed by atoms with van der Waals surface area (Å²) in [4.78, 5) is 102. The molecule has 3 aliphatic rings. The summed E-state index contributed by atoms with van der Waals surface area (Å²) >= 11 is 29.2. The molecule has 1 aromatic carbocycles. The van der Waals surface area contributed by atoms with Gasteiger partial charge in [0.2, 0.25) is 0 Å². The summed E-state index contributed by atoms with van der Waals surface area (Å²) in [6, 6.07) is 14.1. The van der Waals surface area contributed by atoms with Crippen LogP contribution in [-0.4, -0.2) is 180 Å². The van der Waals surface area contributed by atoms with Gasteiger partial charge in [-0.25, -0.2) is 4.58 Å². The first-order valence-corrected chi connectivity index (χ1v) is 45.0. The molecule has 0 radical (unpaired) electrons. The quantitative estimate of drug-likeness (QED) is 0.00513. The topological polar surface area (TPSA) is 393 Å². The van der Waals surface area contributed by atoms with E-state index in [4.69, 9.17) is 111 Å². The number of rotatable bonds is 24. The second-order valence-electron chi connectivity index (χ2n) is 27.9. The van der Waals surface area contributed by atoms with Crippen LogP contribution in [0, 0.1) is 31.6 Å². The molecule has 8 rings (SSSR count). The number of carboxylic acids is 2. The second-order valence-corrected chi connectivity index (χ2v) is 33.6. The molecule has 26 nitrogen and oxygen atoms in total. The Balaban J connectivity index is -0.0000000962. The van der Waals surface area contributed by atoms with Crippen molar-refractivity contribution in [3.63, 3.8) is 0 Å². The van der Waals surface area contributed by atoms with E-state index in [0.717, 1.165) is 103 Å². The van der Waals surface area contributed by atoms with E-state index in [2.05, 4.69) is 79.2 Å². The van der Waals surface area contributed by atoms with Gasteiger partial charge in [-0.15, -0.1) is 0 Å². The number of aliphatic carboxylic acids is 2. The Morgan fingerprint density at radius 3 is 1.32 bits per heavy atom. The van der Waals surface area contributed by atoms with Crippen molar-refractivity contribution >= 4 is 124 Å². The molecule has 0 unspecified atom stereocenters. The number of esters is 1. The van der Waals surface area contributed by atoms with Gasteiger partial charge in [0.1, 0.15) is 24.9 Å². The molecule has 130 heavy (non-hydrogen) atoms. The van der Waals surface area contributed by atoms with E-state index in [1.165, 1.54) is 86.4 Å². The maximum absolute atomic E-state index is 12.3. The van der Waals surface area contributed by atoms with E-state index in [1.54, 1.807) is 62.9 Å². The normalized spacial score (nSPS) is 13.6. The molecule has 5 aromatic rings. The van der Waals surface area contributed by atoms with Crippen LogP contribution in [0.4, 0.5) is 25.2 Å². The van der Waals surface area contributed by atoms with Crippen LogP contribution in [-0.2, 0) is 91.3 Å². The zero-order valence-electron chi connectivity index (χ0n) is 77.7. The number of carboxylic acid groups (broad SMARTS) is 2. The SMILES string of the molecule is C.C.C.C.C1CCOC1.C1CCOC1.CCC(=O)[C@@H](C)CC.CCOC(=O)C[C-]=O.CC[C@@H]1CCc2cc(Cl)cnc21.CC[C@H](C)C(=O)O.CC[C@H](C)c1ncc(Cl)cc1C.CC[C@H](C)c1ncc(Cl)cc1CO.CC[C@H](C)c1ncc(Cl)cc1COS(=O)(=O)c1ccc(C)cc1.CN(C)/C=C(\Cl)C=[N+](C)C.C[C@@H](CO)C(=O)O.F[P-](F)(F)(F)(F)F.O=C=O.O=C=O.[H-].[K+].[Na+].[OH-]. The van der Waals surface area contributed by atoms with Gasteiger partial charge < -0.3 is 51.2 Å². The summed E-state index contributed by atoms with van der Waals surface area (Å²) in [5.74, 6) is -0.535. The number of ether oxygens (including phenoxy) is 3. The summed E-state index contributed by atoms with van der Waals surface area (Å²) in [5.41, 5.74) is 9.28. The Morgan fingerprint density at radius 1 is 0.638 bits per heavy atom. The van der Waals surface area contributed by atoms with Gasteiger partial charge in [-0.3, -0.25) is 49.6 Å². The Morgan fingerprint density at radius 2 is 1.02 bits per heavy atom. The molecule has 744 valence electrons. The predicted octanol–water partition coefficient (Wildman–Crippen LogP) is 18.1. The third-order valence-corrected chi connectivity index (χ3v) is 19.2. The molecule has 41 heteroatoms. The number of benzene rings is 1. The third-order valence-electron chi connectivity index (χ3n) is 16.9. The number of hydrogen-bond donors (Lipinski definition) is 4. The summed E-state index contributed by atoms with van der Waals surface area (Å²) in [7, 11) is -6.72. The fraction of sp³-hybridized carbons (Fsp3) is 0.596. The van der Waals surface area contributed by atoms with Crippen molar-refractivity contribution in [3.8, 4) is 0 Å². The number of aliphatic hydroxyl groups is 2. The maximum Gasteiger partial charge on any atom is 1.00 e. The zero-order valence-corrected chi connectivity index (χ0v) is 87.4. The van der Waals surface area contributed by atoms with Crippen molar-refractivity contribution in [1.82, 2.24) is 24.8 Å². The van der Waals surface area contributed by atoms with E-state index in [9.17, 15) is 57.6 Å². The summed E-state index contributed by atoms with van der Waals surface area (Å²) in [6.45, 7) is 35.4. The summed E-state index contributed by atoms with van der Waals surface area (Å²) in [6.07, 6.45) is 26.2. The molecule has 2 aliphatic heterocycles. The van der Waals surface area contributed by atoms with Crippen LogP contribution in [0.3, 0.4) is 0 Å². The molecule has 5 N–H and O–H groups in total. The average Bonchev–Trinajstić information content (AvgIpc) is 1.54. The Bertz CT molecular complexity index is 3990. The summed E-state index contributed by atoms with van der Waals surface area (Å²) < 4.78 is 105. The van der Waals surface area contributed by atoms with Crippen LogP contribution >= 0.6 is 65.8 Å². The van der Waals surface area contributed by atoms with Gasteiger partial charge >= 0.3 is 138 Å². The van der Waals surface area contributed by atoms with E-state index >= 15 is 0 Å². The molecule has 7 atom stereocenters. The molecule has 6 heterocycles. The minimum absolute atomic E-state index is 0. The number of aliphatic hydroxyl groups excluding tert-OH is 2. The number of nitrogens with zero attached hydrogens (tertiary/aromatic N) is 6. The Labute approximate surface area is 862 Å². The van der Waals surface area contributed by atoms with Gasteiger partial charge in [-0.1, -0.05) is 195 Å². The van der Waals surface area contributed by atoms with E-state index in [-0.39, 0.29) is 179 Å². The molecular formula is C89H147Cl5F6KN6NaO20PS-. The second kappa shape index (κ2) is 87.1. The van der Waals surface area contributed by atoms with Crippen LogP contribution in [0.15, 0.2) is 89.4 Å². The Kier molecular flexibility index (Phi) is 103. The molecule has 0 bridgehead atoms. The van der Waals surface area contributed by atoms with Gasteiger partial charge in [0, 0.05) is 124 Å². The molecule has 1 aliphatic carbocycles. The first-order valence-electron chi connectivity index (χ1n) is 39.6. The van der Waals surface area contributed by atoms with Crippen molar-refractivity contribution in [2.45, 2.75) is 272 Å². The van der Waals surface area contributed by atoms with Crippen molar-refractivity contribution in [1.29, 1.82) is 0 Å². The molecule has 0 saturated carbocycles. The standard InChI is InChI=1S/C17H20ClNO3S.C10H14ClNO.C10H12ClN.C10H14ClN.C7H14ClN2.C7H14O.C5H7O3.C5H10O2.C4H8O3.2C4H8O.2CO2.4CH4.F6P.K.Na.H2O.H/c1-4-13(3)17-14(9-15(18)10-19-17)11-22-23(20,21)16-7-5-12(2)6-8-16;1-3-7(2)10-8(6-13)4-9(11)5-12-10;1-2-7-3-4-8-5-9(11)6-12-10(7)8;1-4-7(2)10-8(3)5-9(11)6-12-10;1-9(2)5-7(8)6-10(3)4;1-4-6(3)7(8)5-2;1-2-8-5(7)3-4-6;1-3-4(2)5(6)7;1-3(2-5)4(6)7;2*1-2-4-5-3-1;2*2-1-3;;;;;1-7(2,3,4,5)6;;;;/h5-10,13H,4,11H2,1-3H3;4-5,7,13H,3,6H2,1-2H3;5-7H,2-4H2,1H3;5-7H,4H2,1-3H3;5-6H,1-4H3;6H,4-5H2,1-3H3;2-3H2,1H3;4H,3H2,1-2H3,(H,6,7);3,5H,2H2,1H3,(H,6,7);2*1-4H2;;;4*1H4;;;;1H2;/q;;;;+1;;-1;;;;;;;;;;;-1;2*+1;;-1/p-1/t13-;3*7-;;6-;;4-;3-;;;;;;;;;;;;;/m0010.0.00............./s1. The zero-order chi connectivity index (χ0) is 96.3. The number of fused-ring (bicyclic) bond motifs is 1. The van der Waals surface area contributed by atoms with Gasteiger partial charge in [-0.2, -0.15) is 27.6 Å². The van der Waals surface area contributed by atoms with E-state index < -0.39 is 41.8 Å². The van der Waals surface area contributed by atoms with Crippen LogP contribution in [0.5, 0.6) is 0 Å².